The minimum absolute atomic E-state index is 0.0101. The summed E-state index contributed by atoms with van der Waals surface area (Å²) in [4.78, 5) is 26.1. The van der Waals surface area contributed by atoms with Crippen LogP contribution in [0.5, 0.6) is 0 Å². The molecule has 0 radical (unpaired) electrons. The van der Waals surface area contributed by atoms with E-state index in [-0.39, 0.29) is 16.3 Å². The number of rotatable bonds is 8. The topological polar surface area (TPSA) is 130 Å². The first kappa shape index (κ1) is 36.0. The van der Waals surface area contributed by atoms with Gasteiger partial charge in [-0.2, -0.15) is 16.9 Å². The predicted molar refractivity (Wildman–Crippen MR) is 164 cm³/mol. The van der Waals surface area contributed by atoms with Gasteiger partial charge in [0.25, 0.3) is 5.91 Å². The number of alkyl halides is 5. The van der Waals surface area contributed by atoms with E-state index < -0.39 is 97.1 Å². The predicted octanol–water partition coefficient (Wildman–Crippen LogP) is 6.79. The molecule has 3 aromatic carbocycles. The molecule has 3 aromatic rings. The second-order valence-corrected chi connectivity index (χ2v) is 16.1. The van der Waals surface area contributed by atoms with Crippen LogP contribution >= 0.6 is 46.4 Å². The fourth-order valence-corrected chi connectivity index (χ4v) is 8.81. The highest BCUT2D eigenvalue weighted by Gasteiger charge is 2.67. The average molecular weight is 769 g/mol. The molecule has 2 N–H and O–H groups in total. The monoisotopic (exact) mass is 767 g/mol. The Morgan fingerprint density at radius 2 is 1.46 bits per heavy atom. The Labute approximate surface area is 278 Å². The van der Waals surface area contributed by atoms with Gasteiger partial charge in [0, 0.05) is 11.6 Å². The summed E-state index contributed by atoms with van der Waals surface area (Å²) in [5.41, 5.74) is -3.97. The summed E-state index contributed by atoms with van der Waals surface area (Å²) in [5, 5.41) is 3.65. The van der Waals surface area contributed by atoms with E-state index in [0.29, 0.717) is 24.6 Å². The number of carbonyl (C=O) groups is 2. The minimum Gasteiger partial charge on any atom is -0.326 e. The first-order valence-electron chi connectivity index (χ1n) is 12.3. The Balaban J connectivity index is 1.59. The quantitative estimate of drug-likeness (QED) is 0.192. The van der Waals surface area contributed by atoms with Crippen molar-refractivity contribution in [2.75, 3.05) is 26.9 Å². The van der Waals surface area contributed by atoms with Gasteiger partial charge in [0.05, 0.1) is 45.3 Å². The van der Waals surface area contributed by atoms with Crippen LogP contribution in [-0.4, -0.2) is 45.5 Å². The number of nitrogens with zero attached hydrogens (tertiary/aromatic N) is 1. The van der Waals surface area contributed by atoms with Gasteiger partial charge in [-0.15, -0.1) is 23.2 Å². The summed E-state index contributed by atoms with van der Waals surface area (Å²) in [6, 6.07) is 7.61. The van der Waals surface area contributed by atoms with Crippen LogP contribution in [0.3, 0.4) is 0 Å². The number of hydrogen-bond acceptors (Lipinski definition) is 6. The maximum atomic E-state index is 15.3. The van der Waals surface area contributed by atoms with Gasteiger partial charge < -0.3 is 10.6 Å². The van der Waals surface area contributed by atoms with Gasteiger partial charge in [-0.1, -0.05) is 29.3 Å². The molecule has 0 saturated heterocycles. The standard InChI is InChI=1S/C26H18Cl4F5N3O6S2/c1-45(41,42)38(46(2,43)44)22-17(31)7-8-18(21(22)32)37-23(39)13-10-12(4-6-15(13)27)36-24(40)20-19(25(20,29)30)11-3-5-16(28)14(9-11)26(33,34)35/h3-10,19-20H,1-2H3,(H,36,40)(H,37,39)/t19-,20+/m0/s1. The molecule has 1 aliphatic rings. The van der Waals surface area contributed by atoms with Crippen molar-refractivity contribution in [3.05, 3.63) is 86.9 Å². The molecular formula is C26H18Cl4F5N3O6S2. The molecule has 46 heavy (non-hydrogen) atoms. The van der Waals surface area contributed by atoms with Crippen molar-refractivity contribution in [3.8, 4) is 0 Å². The summed E-state index contributed by atoms with van der Waals surface area (Å²) >= 11 is 24.3. The van der Waals surface area contributed by atoms with E-state index >= 15 is 4.39 Å². The van der Waals surface area contributed by atoms with E-state index in [4.69, 9.17) is 46.4 Å². The van der Waals surface area contributed by atoms with Crippen molar-refractivity contribution >= 4 is 95.3 Å². The summed E-state index contributed by atoms with van der Waals surface area (Å²) in [5.74, 6) is -7.64. The van der Waals surface area contributed by atoms with Crippen LogP contribution in [0.15, 0.2) is 48.5 Å². The number of sulfonamides is 2. The SMILES string of the molecule is CS(=O)(=O)N(c1c(F)ccc(NC(=O)c2cc(NC(=O)[C@H]3[C@H](c4ccc(Cl)c(C(F)(F)F)c4)C3(Cl)Cl)ccc2Cl)c1F)S(C)(=O)=O. The summed E-state index contributed by atoms with van der Waals surface area (Å²) in [6.45, 7) is 0. The van der Waals surface area contributed by atoms with Crippen molar-refractivity contribution in [2.45, 2.75) is 16.4 Å². The molecule has 9 nitrogen and oxygen atoms in total. The zero-order valence-corrected chi connectivity index (χ0v) is 27.5. The summed E-state index contributed by atoms with van der Waals surface area (Å²) in [6.07, 6.45) is -3.99. The van der Waals surface area contributed by atoms with Gasteiger partial charge in [0.15, 0.2) is 11.6 Å². The van der Waals surface area contributed by atoms with Crippen LogP contribution in [0, 0.1) is 17.6 Å². The third-order valence-electron chi connectivity index (χ3n) is 6.57. The van der Waals surface area contributed by atoms with Crippen LogP contribution < -0.4 is 14.3 Å². The molecule has 2 amide bonds. The van der Waals surface area contributed by atoms with Crippen molar-refractivity contribution in [3.63, 3.8) is 0 Å². The molecule has 0 unspecified atom stereocenters. The first-order valence-corrected chi connectivity index (χ1v) is 17.5. The lowest BCUT2D eigenvalue weighted by atomic mass is 10.0. The lowest BCUT2D eigenvalue weighted by Gasteiger charge is -2.22. The molecule has 4 rings (SSSR count). The normalized spacial score (nSPS) is 17.7. The third kappa shape index (κ3) is 7.16. The van der Waals surface area contributed by atoms with Crippen LogP contribution in [0.1, 0.15) is 27.4 Å². The van der Waals surface area contributed by atoms with E-state index in [9.17, 15) is 44.0 Å². The Kier molecular flexibility index (Phi) is 9.60. The van der Waals surface area contributed by atoms with Crippen LogP contribution in [-0.2, 0) is 31.0 Å². The molecule has 20 heteroatoms. The zero-order chi connectivity index (χ0) is 34.7. The van der Waals surface area contributed by atoms with E-state index in [2.05, 4.69) is 5.32 Å². The lowest BCUT2D eigenvalue weighted by Crippen LogP contribution is -2.36. The van der Waals surface area contributed by atoms with E-state index in [1.807, 2.05) is 5.32 Å². The van der Waals surface area contributed by atoms with Gasteiger partial charge in [0.2, 0.25) is 26.0 Å². The van der Waals surface area contributed by atoms with E-state index in [1.54, 1.807) is 0 Å². The molecule has 0 aliphatic heterocycles. The minimum atomic E-state index is -4.79. The number of anilines is 3. The Bertz CT molecular complexity index is 1960. The maximum Gasteiger partial charge on any atom is 0.417 e. The van der Waals surface area contributed by atoms with Gasteiger partial charge >= 0.3 is 6.18 Å². The van der Waals surface area contributed by atoms with Crippen LogP contribution in [0.25, 0.3) is 0 Å². The van der Waals surface area contributed by atoms with Crippen molar-refractivity contribution in [1.29, 1.82) is 0 Å². The Morgan fingerprint density at radius 3 is 2.02 bits per heavy atom. The van der Waals surface area contributed by atoms with Gasteiger partial charge in [-0.25, -0.2) is 25.6 Å². The molecule has 0 aromatic heterocycles. The number of hydrogen-bond donors (Lipinski definition) is 2. The summed E-state index contributed by atoms with van der Waals surface area (Å²) < 4.78 is 116. The number of nitrogens with one attached hydrogen (secondary N) is 2. The fraction of sp³-hybridized carbons (Fsp3) is 0.231. The smallest absolute Gasteiger partial charge is 0.326 e. The molecule has 0 spiro atoms. The number of amides is 2. The van der Waals surface area contributed by atoms with E-state index in [0.717, 1.165) is 24.3 Å². The van der Waals surface area contributed by atoms with Crippen molar-refractivity contribution < 1.29 is 48.4 Å². The van der Waals surface area contributed by atoms with Crippen molar-refractivity contribution in [2.24, 2.45) is 5.92 Å². The van der Waals surface area contributed by atoms with Gasteiger partial charge in [0.1, 0.15) is 10.0 Å². The zero-order valence-electron chi connectivity index (χ0n) is 22.9. The van der Waals surface area contributed by atoms with Gasteiger partial charge in [-0.05, 0) is 48.0 Å². The highest BCUT2D eigenvalue weighted by atomic mass is 35.5. The molecule has 2 atom stereocenters. The number of benzene rings is 3. The molecule has 1 aliphatic carbocycles. The van der Waals surface area contributed by atoms with Crippen molar-refractivity contribution in [1.82, 2.24) is 0 Å². The largest absolute Gasteiger partial charge is 0.417 e. The highest BCUT2D eigenvalue weighted by Crippen LogP contribution is 2.65. The fourth-order valence-electron chi connectivity index (χ4n) is 4.59. The summed E-state index contributed by atoms with van der Waals surface area (Å²) in [7, 11) is -9.54. The first-order chi connectivity index (χ1) is 21.0. The molecule has 1 saturated carbocycles. The Morgan fingerprint density at radius 1 is 0.870 bits per heavy atom. The third-order valence-corrected chi connectivity index (χ3v) is 11.4. The van der Waals surface area contributed by atoms with Crippen LogP contribution in [0.2, 0.25) is 10.0 Å². The molecule has 0 bridgehead atoms. The Hall–Kier alpha value is -2.89. The highest BCUT2D eigenvalue weighted by molar-refractivity contribution is 8.09. The molecular weight excluding hydrogens is 751 g/mol. The van der Waals surface area contributed by atoms with Gasteiger partial charge in [-0.3, -0.25) is 9.59 Å². The van der Waals surface area contributed by atoms with Crippen LogP contribution in [0.4, 0.5) is 39.0 Å². The molecule has 1 fully saturated rings. The lowest BCUT2D eigenvalue weighted by molar-refractivity contribution is -0.137. The average Bonchev–Trinajstić information content (AvgIpc) is 3.49. The second kappa shape index (κ2) is 12.3. The number of halogens is 9. The molecule has 0 heterocycles. The molecule has 248 valence electrons. The van der Waals surface area contributed by atoms with E-state index in [1.165, 1.54) is 12.1 Å². The number of carbonyl (C=O) groups excluding carboxylic acids is 2. The maximum absolute atomic E-state index is 15.3. The second-order valence-electron chi connectivity index (χ2n) is 9.99.